The van der Waals surface area contributed by atoms with Gasteiger partial charge in [0.05, 0.1) is 31.1 Å². The minimum atomic E-state index is -4.43. The molecule has 0 radical (unpaired) electrons. The molecule has 1 aliphatic heterocycles. The molecule has 0 bridgehead atoms. The molecule has 1 atom stereocenters. The SMILES string of the molecule is COc1cncc(N2CCN(C(C)c3nc(-c4cccc(C(F)(F)F)c4)no3)CC2)n1. The fourth-order valence-electron chi connectivity index (χ4n) is 3.44. The molecule has 0 saturated carbocycles. The predicted octanol–water partition coefficient (Wildman–Crippen LogP) is 3.44. The number of alkyl halides is 3. The lowest BCUT2D eigenvalue weighted by molar-refractivity contribution is -0.137. The summed E-state index contributed by atoms with van der Waals surface area (Å²) in [6, 6.07) is 4.72. The van der Waals surface area contributed by atoms with Crippen LogP contribution in [-0.2, 0) is 6.18 Å². The molecule has 3 aromatic rings. The molecule has 1 saturated heterocycles. The fraction of sp³-hybridized carbons (Fsp3) is 0.400. The summed E-state index contributed by atoms with van der Waals surface area (Å²) in [5.41, 5.74) is -0.486. The van der Waals surface area contributed by atoms with Gasteiger partial charge in [-0.2, -0.15) is 23.1 Å². The topological polar surface area (TPSA) is 80.4 Å². The van der Waals surface area contributed by atoms with Crippen molar-refractivity contribution in [3.8, 4) is 17.3 Å². The van der Waals surface area contributed by atoms with Gasteiger partial charge in [0, 0.05) is 31.7 Å². The molecule has 0 spiro atoms. The molecular formula is C20H21F3N6O2. The number of halogens is 3. The van der Waals surface area contributed by atoms with Crippen molar-refractivity contribution in [1.82, 2.24) is 25.0 Å². The second kappa shape index (κ2) is 8.50. The van der Waals surface area contributed by atoms with Gasteiger partial charge in [0.1, 0.15) is 0 Å². The number of benzene rings is 1. The maximum absolute atomic E-state index is 13.0. The molecule has 0 aliphatic carbocycles. The van der Waals surface area contributed by atoms with Crippen molar-refractivity contribution >= 4 is 5.82 Å². The molecule has 1 fully saturated rings. The first-order chi connectivity index (χ1) is 14.8. The Morgan fingerprint density at radius 1 is 1.10 bits per heavy atom. The molecule has 1 aromatic carbocycles. The molecule has 2 aromatic heterocycles. The minimum Gasteiger partial charge on any atom is -0.480 e. The Balaban J connectivity index is 1.42. The summed E-state index contributed by atoms with van der Waals surface area (Å²) >= 11 is 0. The maximum Gasteiger partial charge on any atom is 0.416 e. The molecular weight excluding hydrogens is 413 g/mol. The third kappa shape index (κ3) is 4.61. The van der Waals surface area contributed by atoms with Gasteiger partial charge in [0.2, 0.25) is 17.6 Å². The Hall–Kier alpha value is -3.21. The number of methoxy groups -OCH3 is 1. The van der Waals surface area contributed by atoms with E-state index in [1.165, 1.54) is 12.1 Å². The highest BCUT2D eigenvalue weighted by molar-refractivity contribution is 5.55. The van der Waals surface area contributed by atoms with Crippen LogP contribution >= 0.6 is 0 Å². The quantitative estimate of drug-likeness (QED) is 0.604. The number of ether oxygens (including phenoxy) is 1. The van der Waals surface area contributed by atoms with Crippen molar-refractivity contribution in [3.05, 3.63) is 48.1 Å². The first-order valence-electron chi connectivity index (χ1n) is 9.71. The smallest absolute Gasteiger partial charge is 0.416 e. The normalized spacial score (nSPS) is 16.4. The van der Waals surface area contributed by atoms with Crippen LogP contribution in [0.5, 0.6) is 5.88 Å². The molecule has 0 N–H and O–H groups in total. The van der Waals surface area contributed by atoms with E-state index >= 15 is 0 Å². The van der Waals surface area contributed by atoms with E-state index in [0.29, 0.717) is 11.8 Å². The van der Waals surface area contributed by atoms with E-state index in [0.717, 1.165) is 44.1 Å². The second-order valence-corrected chi connectivity index (χ2v) is 7.15. The minimum absolute atomic E-state index is 0.137. The van der Waals surface area contributed by atoms with E-state index < -0.39 is 11.7 Å². The summed E-state index contributed by atoms with van der Waals surface area (Å²) in [4.78, 5) is 17.2. The molecule has 3 heterocycles. The number of nitrogens with zero attached hydrogens (tertiary/aromatic N) is 6. The number of rotatable bonds is 5. The van der Waals surface area contributed by atoms with Crippen molar-refractivity contribution in [3.63, 3.8) is 0 Å². The zero-order chi connectivity index (χ0) is 22.0. The lowest BCUT2D eigenvalue weighted by Gasteiger charge is -2.37. The molecule has 4 rings (SSSR count). The molecule has 31 heavy (non-hydrogen) atoms. The van der Waals surface area contributed by atoms with Gasteiger partial charge < -0.3 is 14.2 Å². The van der Waals surface area contributed by atoms with Gasteiger partial charge in [-0.3, -0.25) is 9.88 Å². The molecule has 1 aliphatic rings. The van der Waals surface area contributed by atoms with Crippen LogP contribution in [0.2, 0.25) is 0 Å². The lowest BCUT2D eigenvalue weighted by Crippen LogP contribution is -2.47. The van der Waals surface area contributed by atoms with Gasteiger partial charge in [0.15, 0.2) is 5.82 Å². The van der Waals surface area contributed by atoms with Crippen LogP contribution in [0, 0.1) is 0 Å². The van der Waals surface area contributed by atoms with Crippen LogP contribution in [0.3, 0.4) is 0 Å². The largest absolute Gasteiger partial charge is 0.480 e. The number of hydrogen-bond acceptors (Lipinski definition) is 8. The van der Waals surface area contributed by atoms with Gasteiger partial charge in [0.25, 0.3) is 0 Å². The van der Waals surface area contributed by atoms with Crippen LogP contribution in [-0.4, -0.2) is 58.3 Å². The van der Waals surface area contributed by atoms with Gasteiger partial charge in [-0.05, 0) is 19.1 Å². The van der Waals surface area contributed by atoms with Crippen molar-refractivity contribution < 1.29 is 22.4 Å². The van der Waals surface area contributed by atoms with Crippen molar-refractivity contribution in [2.24, 2.45) is 0 Å². The molecule has 164 valence electrons. The standard InChI is InChI=1S/C20H21F3N6O2/c1-13(28-6-8-29(9-7-28)16-11-24-12-17(25-16)30-2)19-26-18(27-31-19)14-4-3-5-15(10-14)20(21,22)23/h3-5,10-13H,6-9H2,1-2H3. The van der Waals surface area contributed by atoms with Crippen molar-refractivity contribution in [2.45, 2.75) is 19.1 Å². The van der Waals surface area contributed by atoms with Crippen LogP contribution in [0.25, 0.3) is 11.4 Å². The number of hydrogen-bond donors (Lipinski definition) is 0. The average Bonchev–Trinajstić information content (AvgIpc) is 3.29. The molecule has 0 amide bonds. The van der Waals surface area contributed by atoms with Gasteiger partial charge in [-0.15, -0.1) is 0 Å². The van der Waals surface area contributed by atoms with Crippen LogP contribution in [0.4, 0.5) is 19.0 Å². The highest BCUT2D eigenvalue weighted by Gasteiger charge is 2.31. The Bertz CT molecular complexity index is 1030. The Morgan fingerprint density at radius 3 is 2.58 bits per heavy atom. The number of aromatic nitrogens is 4. The van der Waals surface area contributed by atoms with Crippen LogP contribution in [0.15, 0.2) is 41.2 Å². The summed E-state index contributed by atoms with van der Waals surface area (Å²) in [6.07, 6.45) is -1.18. The summed E-state index contributed by atoms with van der Waals surface area (Å²) in [6.45, 7) is 4.83. The summed E-state index contributed by atoms with van der Waals surface area (Å²) in [5.74, 6) is 1.71. The van der Waals surface area contributed by atoms with E-state index in [2.05, 4.69) is 29.9 Å². The molecule has 1 unspecified atom stereocenters. The van der Waals surface area contributed by atoms with Crippen molar-refractivity contribution in [2.75, 3.05) is 38.2 Å². The monoisotopic (exact) mass is 434 g/mol. The highest BCUT2D eigenvalue weighted by atomic mass is 19.4. The maximum atomic E-state index is 13.0. The Labute approximate surface area is 176 Å². The Morgan fingerprint density at radius 2 is 1.87 bits per heavy atom. The van der Waals surface area contributed by atoms with Crippen LogP contribution in [0.1, 0.15) is 24.4 Å². The zero-order valence-corrected chi connectivity index (χ0v) is 17.0. The molecule has 11 heteroatoms. The first-order valence-corrected chi connectivity index (χ1v) is 9.71. The predicted molar refractivity (Wildman–Crippen MR) is 106 cm³/mol. The van der Waals surface area contributed by atoms with Crippen molar-refractivity contribution in [1.29, 1.82) is 0 Å². The van der Waals surface area contributed by atoms with E-state index in [4.69, 9.17) is 9.26 Å². The van der Waals surface area contributed by atoms with Crippen LogP contribution < -0.4 is 9.64 Å². The van der Waals surface area contributed by atoms with E-state index in [1.807, 2.05) is 6.92 Å². The number of piperazine rings is 1. The third-order valence-electron chi connectivity index (χ3n) is 5.24. The highest BCUT2D eigenvalue weighted by Crippen LogP contribution is 2.32. The lowest BCUT2D eigenvalue weighted by atomic mass is 10.1. The van der Waals surface area contributed by atoms with E-state index in [1.54, 1.807) is 19.5 Å². The Kier molecular flexibility index (Phi) is 5.77. The third-order valence-corrected chi connectivity index (χ3v) is 5.24. The van der Waals surface area contributed by atoms with Gasteiger partial charge >= 0.3 is 6.18 Å². The first kappa shape index (κ1) is 21.0. The second-order valence-electron chi connectivity index (χ2n) is 7.15. The van der Waals surface area contributed by atoms with E-state index in [9.17, 15) is 13.2 Å². The zero-order valence-electron chi connectivity index (χ0n) is 17.0. The van der Waals surface area contributed by atoms with Gasteiger partial charge in [-0.1, -0.05) is 17.3 Å². The fourth-order valence-corrected chi connectivity index (χ4v) is 3.44. The number of anilines is 1. The summed E-state index contributed by atoms with van der Waals surface area (Å²) in [5, 5.41) is 3.88. The summed E-state index contributed by atoms with van der Waals surface area (Å²) < 4.78 is 49.4. The van der Waals surface area contributed by atoms with Gasteiger partial charge in [-0.25, -0.2) is 0 Å². The average molecular weight is 434 g/mol. The molecule has 8 nitrogen and oxygen atoms in total. The van der Waals surface area contributed by atoms with E-state index in [-0.39, 0.29) is 17.4 Å². The summed E-state index contributed by atoms with van der Waals surface area (Å²) in [7, 11) is 1.55.